The van der Waals surface area contributed by atoms with Crippen LogP contribution in [0.15, 0.2) is 0 Å². The van der Waals surface area contributed by atoms with E-state index in [2.05, 4.69) is 12.2 Å². The molecule has 0 aromatic heterocycles. The molecule has 1 rings (SSSR count). The summed E-state index contributed by atoms with van der Waals surface area (Å²) in [5.74, 6) is 1.51. The minimum Gasteiger partial charge on any atom is -0.396 e. The first-order valence-corrected chi connectivity index (χ1v) is 4.16. The quantitative estimate of drug-likeness (QED) is 0.593. The predicted octanol–water partition coefficient (Wildman–Crippen LogP) is 0.614. The maximum Gasteiger partial charge on any atom is 0.0433 e. The monoisotopic (exact) mass is 143 g/mol. The molecule has 1 aliphatic rings. The van der Waals surface area contributed by atoms with Crippen molar-refractivity contribution in [1.82, 2.24) is 5.32 Å². The van der Waals surface area contributed by atoms with E-state index < -0.39 is 0 Å². The number of aliphatic hydroxyl groups is 1. The Labute approximate surface area is 62.6 Å². The zero-order valence-corrected chi connectivity index (χ0v) is 6.64. The lowest BCUT2D eigenvalue weighted by atomic mass is 9.86. The molecule has 0 unspecified atom stereocenters. The Bertz CT molecular complexity index is 93.3. The number of hydrogen-bond donors (Lipinski definition) is 2. The molecule has 2 N–H and O–H groups in total. The van der Waals surface area contributed by atoms with Gasteiger partial charge in [0.25, 0.3) is 0 Å². The van der Waals surface area contributed by atoms with E-state index in [1.165, 1.54) is 6.42 Å². The summed E-state index contributed by atoms with van der Waals surface area (Å²) in [6, 6.07) is 0. The van der Waals surface area contributed by atoms with Crippen LogP contribution in [-0.4, -0.2) is 24.8 Å². The summed E-state index contributed by atoms with van der Waals surface area (Å²) in [6.45, 7) is 4.88. The van der Waals surface area contributed by atoms with Crippen LogP contribution in [0, 0.1) is 11.8 Å². The van der Waals surface area contributed by atoms with Gasteiger partial charge < -0.3 is 10.4 Å². The molecule has 1 heterocycles. The number of piperidine rings is 1. The summed E-state index contributed by atoms with van der Waals surface area (Å²) >= 11 is 0. The van der Waals surface area contributed by atoms with E-state index in [9.17, 15) is 0 Å². The summed E-state index contributed by atoms with van der Waals surface area (Å²) in [5.41, 5.74) is 0. The van der Waals surface area contributed by atoms with Crippen molar-refractivity contribution in [2.45, 2.75) is 19.8 Å². The van der Waals surface area contributed by atoms with Crippen molar-refractivity contribution in [3.05, 3.63) is 0 Å². The summed E-state index contributed by atoms with van der Waals surface area (Å²) < 4.78 is 0. The Kier molecular flexibility index (Phi) is 3.16. The van der Waals surface area contributed by atoms with Crippen LogP contribution in [0.3, 0.4) is 0 Å². The maximum absolute atomic E-state index is 8.72. The van der Waals surface area contributed by atoms with Gasteiger partial charge >= 0.3 is 0 Å². The SMILES string of the molecule is C[C@@H]1CNCC[C@H]1CCO. The normalized spacial score (nSPS) is 34.2. The average Bonchev–Trinajstić information content (AvgIpc) is 1.94. The fraction of sp³-hybridized carbons (Fsp3) is 1.00. The van der Waals surface area contributed by atoms with Crippen molar-refractivity contribution in [1.29, 1.82) is 0 Å². The maximum atomic E-state index is 8.72. The first kappa shape index (κ1) is 8.02. The molecule has 0 aliphatic carbocycles. The first-order chi connectivity index (χ1) is 4.84. The van der Waals surface area contributed by atoms with Crippen molar-refractivity contribution in [2.24, 2.45) is 11.8 Å². The zero-order valence-electron chi connectivity index (χ0n) is 6.64. The number of rotatable bonds is 2. The van der Waals surface area contributed by atoms with Crippen LogP contribution < -0.4 is 5.32 Å². The Balaban J connectivity index is 2.25. The van der Waals surface area contributed by atoms with Gasteiger partial charge in [-0.15, -0.1) is 0 Å². The molecule has 2 nitrogen and oxygen atoms in total. The predicted molar refractivity (Wildman–Crippen MR) is 41.8 cm³/mol. The van der Waals surface area contributed by atoms with Crippen molar-refractivity contribution in [3.8, 4) is 0 Å². The molecule has 2 atom stereocenters. The summed E-state index contributed by atoms with van der Waals surface area (Å²) in [5, 5.41) is 12.1. The third-order valence-corrected chi connectivity index (χ3v) is 2.46. The Morgan fingerprint density at radius 1 is 1.60 bits per heavy atom. The van der Waals surface area contributed by atoms with Gasteiger partial charge in [0.2, 0.25) is 0 Å². The van der Waals surface area contributed by atoms with Crippen molar-refractivity contribution >= 4 is 0 Å². The number of nitrogens with one attached hydrogen (secondary N) is 1. The van der Waals surface area contributed by atoms with Gasteiger partial charge in [-0.1, -0.05) is 6.92 Å². The van der Waals surface area contributed by atoms with E-state index in [0.29, 0.717) is 6.61 Å². The van der Waals surface area contributed by atoms with Gasteiger partial charge in [-0.25, -0.2) is 0 Å². The number of aliphatic hydroxyl groups excluding tert-OH is 1. The standard InChI is InChI=1S/C8H17NO/c1-7-6-9-4-2-8(7)3-5-10/h7-10H,2-6H2,1H3/t7-,8+/m1/s1. The highest BCUT2D eigenvalue weighted by molar-refractivity contribution is 4.74. The Morgan fingerprint density at radius 2 is 2.40 bits per heavy atom. The molecule has 60 valence electrons. The zero-order chi connectivity index (χ0) is 7.40. The van der Waals surface area contributed by atoms with Gasteiger partial charge in [0.1, 0.15) is 0 Å². The molecule has 1 fully saturated rings. The molecule has 0 saturated carbocycles. The van der Waals surface area contributed by atoms with Crippen LogP contribution in [0.2, 0.25) is 0 Å². The molecular weight excluding hydrogens is 126 g/mol. The fourth-order valence-corrected chi connectivity index (χ4v) is 1.66. The third-order valence-electron chi connectivity index (χ3n) is 2.46. The molecule has 2 heteroatoms. The molecule has 0 bridgehead atoms. The van der Waals surface area contributed by atoms with Crippen LogP contribution in [-0.2, 0) is 0 Å². The minimum absolute atomic E-state index is 0.356. The van der Waals surface area contributed by atoms with Crippen LogP contribution in [0.25, 0.3) is 0 Å². The van der Waals surface area contributed by atoms with Crippen molar-refractivity contribution < 1.29 is 5.11 Å². The lowest BCUT2D eigenvalue weighted by Crippen LogP contribution is -2.35. The molecule has 0 amide bonds. The largest absolute Gasteiger partial charge is 0.396 e. The molecular formula is C8H17NO. The van der Waals surface area contributed by atoms with Gasteiger partial charge in [0.05, 0.1) is 0 Å². The van der Waals surface area contributed by atoms with E-state index in [4.69, 9.17) is 5.11 Å². The lowest BCUT2D eigenvalue weighted by molar-refractivity contribution is 0.195. The molecule has 10 heavy (non-hydrogen) atoms. The van der Waals surface area contributed by atoms with Gasteiger partial charge in [0.15, 0.2) is 0 Å². The summed E-state index contributed by atoms with van der Waals surface area (Å²) in [6.07, 6.45) is 2.23. The lowest BCUT2D eigenvalue weighted by Gasteiger charge is -2.28. The highest BCUT2D eigenvalue weighted by Crippen LogP contribution is 2.21. The smallest absolute Gasteiger partial charge is 0.0433 e. The second-order valence-electron chi connectivity index (χ2n) is 3.24. The van der Waals surface area contributed by atoms with Crippen LogP contribution in [0.5, 0.6) is 0 Å². The van der Waals surface area contributed by atoms with Crippen molar-refractivity contribution in [2.75, 3.05) is 19.7 Å². The Hall–Kier alpha value is -0.0800. The molecule has 0 radical (unpaired) electrons. The average molecular weight is 143 g/mol. The van der Waals surface area contributed by atoms with Crippen LogP contribution in [0.1, 0.15) is 19.8 Å². The van der Waals surface area contributed by atoms with E-state index in [0.717, 1.165) is 31.3 Å². The Morgan fingerprint density at radius 3 is 3.00 bits per heavy atom. The molecule has 0 spiro atoms. The highest BCUT2D eigenvalue weighted by Gasteiger charge is 2.19. The van der Waals surface area contributed by atoms with Crippen LogP contribution in [0.4, 0.5) is 0 Å². The van der Waals surface area contributed by atoms with Crippen LogP contribution >= 0.6 is 0 Å². The second-order valence-corrected chi connectivity index (χ2v) is 3.24. The van der Waals surface area contributed by atoms with E-state index >= 15 is 0 Å². The van der Waals surface area contributed by atoms with Gasteiger partial charge in [0, 0.05) is 6.61 Å². The van der Waals surface area contributed by atoms with E-state index in [1.54, 1.807) is 0 Å². The molecule has 1 saturated heterocycles. The summed E-state index contributed by atoms with van der Waals surface area (Å²) in [7, 11) is 0. The minimum atomic E-state index is 0.356. The highest BCUT2D eigenvalue weighted by atomic mass is 16.3. The number of hydrogen-bond acceptors (Lipinski definition) is 2. The fourth-order valence-electron chi connectivity index (χ4n) is 1.66. The van der Waals surface area contributed by atoms with E-state index in [-0.39, 0.29) is 0 Å². The van der Waals surface area contributed by atoms with Crippen molar-refractivity contribution in [3.63, 3.8) is 0 Å². The summed E-state index contributed by atoms with van der Waals surface area (Å²) in [4.78, 5) is 0. The van der Waals surface area contributed by atoms with Gasteiger partial charge in [-0.3, -0.25) is 0 Å². The first-order valence-electron chi connectivity index (χ1n) is 4.16. The van der Waals surface area contributed by atoms with E-state index in [1.807, 2.05) is 0 Å². The molecule has 0 aromatic rings. The molecule has 0 aromatic carbocycles. The molecule has 1 aliphatic heterocycles. The topological polar surface area (TPSA) is 32.3 Å². The third kappa shape index (κ3) is 1.96. The van der Waals surface area contributed by atoms with Gasteiger partial charge in [-0.05, 0) is 37.8 Å². The van der Waals surface area contributed by atoms with Gasteiger partial charge in [-0.2, -0.15) is 0 Å². The second kappa shape index (κ2) is 3.94.